The molecular weight excluding hydrogens is 414 g/mol. The first-order chi connectivity index (χ1) is 15.0. The van der Waals surface area contributed by atoms with Gasteiger partial charge in [0.2, 0.25) is 0 Å². The summed E-state index contributed by atoms with van der Waals surface area (Å²) in [5, 5.41) is 13.0. The van der Waals surface area contributed by atoms with Gasteiger partial charge in [-0.15, -0.1) is 0 Å². The number of anilines is 2. The van der Waals surface area contributed by atoms with Crippen molar-refractivity contribution in [2.24, 2.45) is 0 Å². The number of rotatable bonds is 5. The van der Waals surface area contributed by atoms with E-state index >= 15 is 0 Å². The van der Waals surface area contributed by atoms with Crippen LogP contribution in [0.2, 0.25) is 5.02 Å². The number of carboxylic acid groups (broad SMARTS) is 1. The quantitative estimate of drug-likeness (QED) is 0.700. The number of carbonyl (C=O) groups excluding carboxylic acids is 1. The zero-order valence-electron chi connectivity index (χ0n) is 17.5. The summed E-state index contributed by atoms with van der Waals surface area (Å²) in [6.07, 6.45) is 5.99. The Bertz CT molecular complexity index is 951. The second kappa shape index (κ2) is 9.71. The number of carbonyl (C=O) groups is 2. The molecule has 0 atom stereocenters. The Morgan fingerprint density at radius 3 is 2.39 bits per heavy atom. The van der Waals surface area contributed by atoms with Gasteiger partial charge in [0.25, 0.3) is 5.91 Å². The van der Waals surface area contributed by atoms with Gasteiger partial charge < -0.3 is 20.2 Å². The lowest BCUT2D eigenvalue weighted by Crippen LogP contribution is -2.47. The molecule has 2 aliphatic rings. The van der Waals surface area contributed by atoms with E-state index in [9.17, 15) is 14.7 Å². The molecule has 2 N–H and O–H groups in total. The molecule has 31 heavy (non-hydrogen) atoms. The van der Waals surface area contributed by atoms with E-state index in [0.717, 1.165) is 25.9 Å². The van der Waals surface area contributed by atoms with E-state index in [-0.39, 0.29) is 11.5 Å². The summed E-state index contributed by atoms with van der Waals surface area (Å²) in [5.41, 5.74) is 1.80. The summed E-state index contributed by atoms with van der Waals surface area (Å²) in [6.45, 7) is 4.06. The van der Waals surface area contributed by atoms with Crippen molar-refractivity contribution in [1.82, 2.24) is 4.90 Å². The van der Waals surface area contributed by atoms with Crippen LogP contribution in [0.25, 0.3) is 0 Å². The fourth-order valence-corrected chi connectivity index (χ4v) is 4.84. The Morgan fingerprint density at radius 1 is 0.968 bits per heavy atom. The van der Waals surface area contributed by atoms with Gasteiger partial charge in [-0.2, -0.15) is 0 Å². The molecule has 1 amide bonds. The molecule has 0 unspecified atom stereocenters. The van der Waals surface area contributed by atoms with Crippen LogP contribution in [0.5, 0.6) is 0 Å². The first kappa shape index (κ1) is 21.7. The van der Waals surface area contributed by atoms with Gasteiger partial charge in [-0.3, -0.25) is 4.79 Å². The Morgan fingerprint density at radius 2 is 1.71 bits per heavy atom. The Kier molecular flexibility index (Phi) is 6.78. The van der Waals surface area contributed by atoms with Crippen LogP contribution >= 0.6 is 11.6 Å². The van der Waals surface area contributed by atoms with Gasteiger partial charge in [0.1, 0.15) is 0 Å². The highest BCUT2D eigenvalue weighted by Crippen LogP contribution is 2.29. The second-order valence-electron chi connectivity index (χ2n) is 8.32. The van der Waals surface area contributed by atoms with E-state index < -0.39 is 5.97 Å². The van der Waals surface area contributed by atoms with Crippen molar-refractivity contribution in [3.8, 4) is 0 Å². The number of nitrogens with one attached hydrogen (secondary N) is 1. The van der Waals surface area contributed by atoms with Crippen molar-refractivity contribution in [1.29, 1.82) is 0 Å². The molecule has 0 bridgehead atoms. The molecule has 0 saturated carbocycles. The Labute approximate surface area is 187 Å². The third-order valence-corrected chi connectivity index (χ3v) is 6.52. The molecule has 2 aromatic carbocycles. The lowest BCUT2D eigenvalue weighted by Gasteiger charge is -2.41. The van der Waals surface area contributed by atoms with E-state index in [4.69, 9.17) is 11.6 Å². The van der Waals surface area contributed by atoms with Crippen LogP contribution in [0.3, 0.4) is 0 Å². The first-order valence-electron chi connectivity index (χ1n) is 10.9. The average Bonchev–Trinajstić information content (AvgIpc) is 2.80. The molecule has 2 fully saturated rings. The number of amides is 1. The van der Waals surface area contributed by atoms with Crippen molar-refractivity contribution in [3.05, 3.63) is 58.6 Å². The normalized spacial score (nSPS) is 18.0. The van der Waals surface area contributed by atoms with Crippen LogP contribution in [0.15, 0.2) is 42.5 Å². The highest BCUT2D eigenvalue weighted by molar-refractivity contribution is 6.31. The van der Waals surface area contributed by atoms with Gasteiger partial charge in [-0.1, -0.05) is 24.1 Å². The molecule has 2 aliphatic heterocycles. The maximum Gasteiger partial charge on any atom is 0.337 e. The van der Waals surface area contributed by atoms with Gasteiger partial charge in [0, 0.05) is 35.4 Å². The van der Waals surface area contributed by atoms with Crippen molar-refractivity contribution in [2.75, 3.05) is 36.4 Å². The molecule has 0 aliphatic carbocycles. The average molecular weight is 442 g/mol. The number of carboxylic acids is 1. The van der Waals surface area contributed by atoms with E-state index in [1.807, 2.05) is 0 Å². The molecule has 0 spiro atoms. The Balaban J connectivity index is 1.45. The molecular formula is C24H28ClN3O3. The largest absolute Gasteiger partial charge is 0.478 e. The smallest absolute Gasteiger partial charge is 0.337 e. The van der Waals surface area contributed by atoms with Crippen LogP contribution in [-0.2, 0) is 0 Å². The fraction of sp³-hybridized carbons (Fsp3) is 0.417. The lowest BCUT2D eigenvalue weighted by atomic mass is 9.98. The standard InChI is InChI=1S/C24H28ClN3O3/c25-18-6-4-5-17(15-18)23(29)26-19-7-8-22(21(16-19)24(30)31)28-13-9-20(10-14-28)27-11-2-1-3-12-27/h4-8,15-16,20H,1-3,9-14H2,(H,26,29)(H,30,31). The van der Waals surface area contributed by atoms with Crippen LogP contribution in [0.4, 0.5) is 11.4 Å². The maximum absolute atomic E-state index is 12.5. The predicted octanol–water partition coefficient (Wildman–Crippen LogP) is 4.75. The topological polar surface area (TPSA) is 72.9 Å². The second-order valence-corrected chi connectivity index (χ2v) is 8.75. The molecule has 2 heterocycles. The monoisotopic (exact) mass is 441 g/mol. The Hall–Kier alpha value is -2.57. The molecule has 2 saturated heterocycles. The highest BCUT2D eigenvalue weighted by Gasteiger charge is 2.27. The molecule has 0 radical (unpaired) electrons. The number of nitrogens with zero attached hydrogens (tertiary/aromatic N) is 2. The summed E-state index contributed by atoms with van der Waals surface area (Å²) >= 11 is 5.96. The number of aromatic carboxylic acids is 1. The number of hydrogen-bond donors (Lipinski definition) is 2. The van der Waals surface area contributed by atoms with Crippen LogP contribution in [0, 0.1) is 0 Å². The van der Waals surface area contributed by atoms with Gasteiger partial charge in [-0.25, -0.2) is 4.79 Å². The van der Waals surface area contributed by atoms with E-state index in [0.29, 0.717) is 28.0 Å². The minimum atomic E-state index is -0.994. The third-order valence-electron chi connectivity index (χ3n) is 6.28. The van der Waals surface area contributed by atoms with Crippen molar-refractivity contribution in [3.63, 3.8) is 0 Å². The number of benzene rings is 2. The van der Waals surface area contributed by atoms with E-state index in [1.54, 1.807) is 36.4 Å². The summed E-state index contributed by atoms with van der Waals surface area (Å²) < 4.78 is 0. The number of halogens is 1. The van der Waals surface area contributed by atoms with Crippen molar-refractivity contribution >= 4 is 34.9 Å². The minimum absolute atomic E-state index is 0.209. The minimum Gasteiger partial charge on any atom is -0.478 e. The molecule has 164 valence electrons. The molecule has 7 heteroatoms. The van der Waals surface area contributed by atoms with Gasteiger partial charge in [-0.05, 0) is 75.2 Å². The van der Waals surface area contributed by atoms with Crippen LogP contribution < -0.4 is 10.2 Å². The SMILES string of the molecule is O=C(Nc1ccc(N2CCC(N3CCCCC3)CC2)c(C(=O)O)c1)c1cccc(Cl)c1. The molecule has 0 aromatic heterocycles. The van der Waals surface area contributed by atoms with Crippen molar-refractivity contribution in [2.45, 2.75) is 38.1 Å². The van der Waals surface area contributed by atoms with Crippen molar-refractivity contribution < 1.29 is 14.7 Å². The van der Waals surface area contributed by atoms with E-state index in [2.05, 4.69) is 15.1 Å². The third kappa shape index (κ3) is 5.20. The van der Waals surface area contributed by atoms with Crippen LogP contribution in [-0.4, -0.2) is 54.1 Å². The molecule has 4 rings (SSSR count). The van der Waals surface area contributed by atoms with Gasteiger partial charge in [0.05, 0.1) is 11.3 Å². The van der Waals surface area contributed by atoms with Gasteiger partial charge >= 0.3 is 5.97 Å². The van der Waals surface area contributed by atoms with E-state index in [1.165, 1.54) is 38.4 Å². The first-order valence-corrected chi connectivity index (χ1v) is 11.3. The molecule has 2 aromatic rings. The fourth-order valence-electron chi connectivity index (χ4n) is 4.65. The number of likely N-dealkylation sites (tertiary alicyclic amines) is 1. The number of hydrogen-bond acceptors (Lipinski definition) is 4. The highest BCUT2D eigenvalue weighted by atomic mass is 35.5. The maximum atomic E-state index is 12.5. The summed E-state index contributed by atoms with van der Waals surface area (Å²) in [4.78, 5) is 29.2. The predicted molar refractivity (Wildman–Crippen MR) is 123 cm³/mol. The lowest BCUT2D eigenvalue weighted by molar-refractivity contribution is 0.0697. The zero-order chi connectivity index (χ0) is 21.8. The van der Waals surface area contributed by atoms with Gasteiger partial charge in [0.15, 0.2) is 0 Å². The molecule has 6 nitrogen and oxygen atoms in total. The zero-order valence-corrected chi connectivity index (χ0v) is 18.3. The van der Waals surface area contributed by atoms with Crippen LogP contribution in [0.1, 0.15) is 52.8 Å². The summed E-state index contributed by atoms with van der Waals surface area (Å²) in [7, 11) is 0. The number of piperidine rings is 2. The summed E-state index contributed by atoms with van der Waals surface area (Å²) in [5.74, 6) is -1.32. The summed E-state index contributed by atoms with van der Waals surface area (Å²) in [6, 6.07) is 12.4.